The number of carbonyl (C=O) groups is 1. The molecule has 76 valence electrons. The van der Waals surface area contributed by atoms with Gasteiger partial charge >= 0.3 is 5.97 Å². The fraction of sp³-hybridized carbons (Fsp3) is 0.250. The molecule has 0 saturated carbocycles. The number of nitrogens with two attached hydrogens (primary N) is 1. The minimum Gasteiger partial charge on any atom is -0.464 e. The second kappa shape index (κ2) is 4.27. The van der Waals surface area contributed by atoms with Crippen molar-refractivity contribution in [1.29, 1.82) is 0 Å². The summed E-state index contributed by atoms with van der Waals surface area (Å²) in [7, 11) is 1.30. The van der Waals surface area contributed by atoms with Crippen LogP contribution >= 0.6 is 31.9 Å². The van der Waals surface area contributed by atoms with Gasteiger partial charge in [-0.2, -0.15) is 0 Å². The zero-order chi connectivity index (χ0) is 10.9. The minimum atomic E-state index is -0.515. The van der Waals surface area contributed by atoms with E-state index in [4.69, 9.17) is 5.73 Å². The van der Waals surface area contributed by atoms with Crippen LogP contribution in [0, 0.1) is 6.92 Å². The summed E-state index contributed by atoms with van der Waals surface area (Å²) in [6.07, 6.45) is 0. The third-order valence-electron chi connectivity index (χ3n) is 1.70. The van der Waals surface area contributed by atoms with Gasteiger partial charge in [-0.1, -0.05) is 0 Å². The Morgan fingerprint density at radius 2 is 2.00 bits per heavy atom. The van der Waals surface area contributed by atoms with Crippen LogP contribution in [-0.4, -0.2) is 18.1 Å². The van der Waals surface area contributed by atoms with Gasteiger partial charge in [0.05, 0.1) is 16.1 Å². The Labute approximate surface area is 98.1 Å². The van der Waals surface area contributed by atoms with Crippen molar-refractivity contribution in [3.63, 3.8) is 0 Å². The van der Waals surface area contributed by atoms with Crippen molar-refractivity contribution in [2.75, 3.05) is 12.8 Å². The quantitative estimate of drug-likeness (QED) is 0.805. The summed E-state index contributed by atoms with van der Waals surface area (Å²) in [6.45, 7) is 1.82. The first-order valence-electron chi connectivity index (χ1n) is 3.68. The summed E-state index contributed by atoms with van der Waals surface area (Å²) in [5, 5.41) is 0. The number of halogens is 2. The Morgan fingerprint density at radius 1 is 1.43 bits per heavy atom. The monoisotopic (exact) mass is 322 g/mol. The van der Waals surface area contributed by atoms with E-state index in [0.717, 1.165) is 5.56 Å². The number of hydrogen-bond donors (Lipinski definition) is 1. The highest BCUT2D eigenvalue weighted by Gasteiger charge is 2.17. The van der Waals surface area contributed by atoms with Crippen LogP contribution in [0.5, 0.6) is 0 Å². The summed E-state index contributed by atoms with van der Waals surface area (Å²) in [5.74, 6) is -0.245. The van der Waals surface area contributed by atoms with Gasteiger partial charge in [-0.15, -0.1) is 0 Å². The third-order valence-corrected chi connectivity index (χ3v) is 3.67. The molecule has 6 heteroatoms. The van der Waals surface area contributed by atoms with Crippen molar-refractivity contribution in [1.82, 2.24) is 4.98 Å². The lowest BCUT2D eigenvalue weighted by atomic mass is 10.2. The van der Waals surface area contributed by atoms with E-state index in [0.29, 0.717) is 8.95 Å². The number of hydrogen-bond acceptors (Lipinski definition) is 4. The van der Waals surface area contributed by atoms with Crippen molar-refractivity contribution in [3.8, 4) is 0 Å². The predicted molar refractivity (Wildman–Crippen MR) is 60.1 cm³/mol. The van der Waals surface area contributed by atoms with Crippen molar-refractivity contribution >= 4 is 43.6 Å². The van der Waals surface area contributed by atoms with Crippen molar-refractivity contribution < 1.29 is 9.53 Å². The Morgan fingerprint density at radius 3 is 2.50 bits per heavy atom. The Bertz CT molecular complexity index is 393. The average Bonchev–Trinajstić information content (AvgIpc) is 2.19. The highest BCUT2D eigenvalue weighted by molar-refractivity contribution is 9.11. The van der Waals surface area contributed by atoms with Crippen LogP contribution in [0.15, 0.2) is 8.95 Å². The summed E-state index contributed by atoms with van der Waals surface area (Å²) in [4.78, 5) is 15.2. The van der Waals surface area contributed by atoms with E-state index in [1.165, 1.54) is 7.11 Å². The van der Waals surface area contributed by atoms with Gasteiger partial charge in [0.15, 0.2) is 5.69 Å². The second-order valence-corrected chi connectivity index (χ2v) is 4.18. The molecule has 0 unspecified atom stereocenters. The van der Waals surface area contributed by atoms with E-state index >= 15 is 0 Å². The highest BCUT2D eigenvalue weighted by Crippen LogP contribution is 2.30. The molecule has 0 fully saturated rings. The van der Waals surface area contributed by atoms with Gasteiger partial charge in [-0.25, -0.2) is 9.78 Å². The number of carbonyl (C=O) groups excluding carboxylic acids is 1. The first-order valence-corrected chi connectivity index (χ1v) is 5.27. The molecular formula is C8H8Br2N2O2. The third kappa shape index (κ3) is 1.90. The fourth-order valence-corrected chi connectivity index (χ4v) is 1.92. The molecule has 0 atom stereocenters. The number of nitrogens with zero attached hydrogens (tertiary/aromatic N) is 1. The van der Waals surface area contributed by atoms with Crippen molar-refractivity contribution in [2.45, 2.75) is 6.92 Å². The van der Waals surface area contributed by atoms with Crippen LogP contribution in [0.3, 0.4) is 0 Å². The summed E-state index contributed by atoms with van der Waals surface area (Å²) >= 11 is 6.52. The molecule has 2 N–H and O–H groups in total. The maximum Gasteiger partial charge on any atom is 0.357 e. The maximum atomic E-state index is 11.3. The molecule has 4 nitrogen and oxygen atoms in total. The van der Waals surface area contributed by atoms with E-state index in [-0.39, 0.29) is 11.5 Å². The number of nitrogen functional groups attached to an aromatic ring is 1. The van der Waals surface area contributed by atoms with E-state index in [2.05, 4.69) is 41.6 Å². The zero-order valence-corrected chi connectivity index (χ0v) is 10.8. The molecule has 0 aromatic carbocycles. The molecule has 14 heavy (non-hydrogen) atoms. The molecule has 0 amide bonds. The average molecular weight is 324 g/mol. The number of anilines is 1. The summed E-state index contributed by atoms with van der Waals surface area (Å²) in [5.41, 5.74) is 6.60. The van der Waals surface area contributed by atoms with Crippen LogP contribution in [0.2, 0.25) is 0 Å². The zero-order valence-electron chi connectivity index (χ0n) is 7.60. The number of methoxy groups -OCH3 is 1. The Kier molecular flexibility index (Phi) is 3.49. The molecule has 0 radical (unpaired) electrons. The normalized spacial score (nSPS) is 10.0. The molecule has 0 aliphatic carbocycles. The number of aromatic nitrogens is 1. The van der Waals surface area contributed by atoms with Crippen LogP contribution in [0.4, 0.5) is 5.82 Å². The van der Waals surface area contributed by atoms with Gasteiger partial charge in [0.2, 0.25) is 0 Å². The fourth-order valence-electron chi connectivity index (χ4n) is 0.917. The molecule has 1 aromatic rings. The van der Waals surface area contributed by atoms with Gasteiger partial charge < -0.3 is 10.5 Å². The van der Waals surface area contributed by atoms with E-state index in [1.54, 1.807) is 0 Å². The predicted octanol–water partition coefficient (Wildman–Crippen LogP) is 2.28. The lowest BCUT2D eigenvalue weighted by molar-refractivity contribution is 0.0593. The van der Waals surface area contributed by atoms with Crippen LogP contribution in [0.25, 0.3) is 0 Å². The molecule has 1 rings (SSSR count). The molecule has 0 aliphatic heterocycles. The first-order chi connectivity index (χ1) is 6.49. The highest BCUT2D eigenvalue weighted by atomic mass is 79.9. The summed E-state index contributed by atoms with van der Waals surface area (Å²) in [6, 6.07) is 0. The lowest BCUT2D eigenvalue weighted by Crippen LogP contribution is -2.09. The van der Waals surface area contributed by atoms with Crippen LogP contribution < -0.4 is 5.73 Å². The van der Waals surface area contributed by atoms with E-state index in [9.17, 15) is 4.79 Å². The number of ether oxygens (including phenoxy) is 1. The smallest absolute Gasteiger partial charge is 0.357 e. The lowest BCUT2D eigenvalue weighted by Gasteiger charge is -2.08. The van der Waals surface area contributed by atoms with Gasteiger partial charge in [0.1, 0.15) is 5.82 Å². The Balaban J connectivity index is 3.40. The number of esters is 1. The topological polar surface area (TPSA) is 65.2 Å². The van der Waals surface area contributed by atoms with E-state index < -0.39 is 5.97 Å². The Hall–Kier alpha value is -0.620. The van der Waals surface area contributed by atoms with Crippen LogP contribution in [-0.2, 0) is 4.74 Å². The number of rotatable bonds is 1. The second-order valence-electron chi connectivity index (χ2n) is 2.59. The summed E-state index contributed by atoms with van der Waals surface area (Å²) < 4.78 is 5.83. The van der Waals surface area contributed by atoms with Gasteiger partial charge in [-0.3, -0.25) is 0 Å². The molecule has 1 heterocycles. The van der Waals surface area contributed by atoms with E-state index in [1.807, 2.05) is 6.92 Å². The molecule has 1 aromatic heterocycles. The van der Waals surface area contributed by atoms with Gasteiger partial charge in [0.25, 0.3) is 0 Å². The molecule has 0 saturated heterocycles. The minimum absolute atomic E-state index is 0.186. The van der Waals surface area contributed by atoms with Crippen molar-refractivity contribution in [2.24, 2.45) is 0 Å². The maximum absolute atomic E-state index is 11.3. The van der Waals surface area contributed by atoms with Gasteiger partial charge in [-0.05, 0) is 44.3 Å². The molecular weight excluding hydrogens is 316 g/mol. The SMILES string of the molecule is COC(=O)c1nc(N)c(Br)c(C)c1Br. The largest absolute Gasteiger partial charge is 0.464 e. The molecule has 0 spiro atoms. The first kappa shape index (κ1) is 11.5. The van der Waals surface area contributed by atoms with Crippen molar-refractivity contribution in [3.05, 3.63) is 20.2 Å². The molecule has 0 bridgehead atoms. The van der Waals surface area contributed by atoms with Crippen LogP contribution in [0.1, 0.15) is 16.1 Å². The van der Waals surface area contributed by atoms with Gasteiger partial charge in [0, 0.05) is 0 Å². The standard InChI is InChI=1S/C8H8Br2N2O2/c1-3-4(9)6(8(13)14-2)12-7(11)5(3)10/h1-2H3,(H2,11,12). The number of pyridine rings is 1. The molecule has 0 aliphatic rings.